The zero-order chi connectivity index (χ0) is 20.8. The van der Waals surface area contributed by atoms with Gasteiger partial charge in [-0.2, -0.15) is 0 Å². The predicted molar refractivity (Wildman–Crippen MR) is 109 cm³/mol. The summed E-state index contributed by atoms with van der Waals surface area (Å²) < 4.78 is 10.6. The zero-order valence-electron chi connectivity index (χ0n) is 17.4. The second-order valence-corrected chi connectivity index (χ2v) is 7.48. The minimum atomic E-state index is -0.365. The molecule has 0 aliphatic carbocycles. The summed E-state index contributed by atoms with van der Waals surface area (Å²) in [7, 11) is 1.37. The summed E-state index contributed by atoms with van der Waals surface area (Å²) in [6.07, 6.45) is 4.48. The van der Waals surface area contributed by atoms with Crippen LogP contribution in [0, 0.1) is 6.92 Å². The van der Waals surface area contributed by atoms with Gasteiger partial charge in [-0.05, 0) is 57.0 Å². The van der Waals surface area contributed by atoms with E-state index in [-0.39, 0.29) is 11.9 Å². The number of ether oxygens (including phenoxy) is 1. The van der Waals surface area contributed by atoms with Gasteiger partial charge in [-0.3, -0.25) is 9.69 Å². The van der Waals surface area contributed by atoms with Crippen molar-refractivity contribution in [1.29, 1.82) is 0 Å². The van der Waals surface area contributed by atoms with Crippen molar-refractivity contribution in [2.75, 3.05) is 20.2 Å². The molecular weight excluding hydrogens is 370 g/mol. The number of hydrogen-bond acceptors (Lipinski definition) is 6. The van der Waals surface area contributed by atoms with Crippen LogP contribution in [0.15, 0.2) is 28.7 Å². The topological polar surface area (TPSA) is 84.7 Å². The molecule has 0 radical (unpaired) electrons. The fraction of sp³-hybridized carbons (Fsp3) is 0.500. The number of aryl methyl sites for hydroxylation is 1. The lowest BCUT2D eigenvalue weighted by Crippen LogP contribution is -2.41. The standard InChI is InChI=1S/C22H29N3O4/c1-15-20(14-25-13-5-4-6-19(25)11-12-23-16(2)26)24-21(29-15)17-7-9-18(10-8-17)22(27)28-3/h7-10,19H,4-6,11-14H2,1-3H3,(H,23,26). The van der Waals surface area contributed by atoms with Gasteiger partial charge in [-0.15, -0.1) is 0 Å². The molecule has 1 aromatic carbocycles. The molecule has 0 saturated carbocycles. The Morgan fingerprint density at radius 2 is 2.03 bits per heavy atom. The molecule has 29 heavy (non-hydrogen) atoms. The number of hydrogen-bond donors (Lipinski definition) is 1. The van der Waals surface area contributed by atoms with Crippen LogP contribution in [0.1, 0.15) is 54.4 Å². The van der Waals surface area contributed by atoms with Gasteiger partial charge in [0.05, 0.1) is 18.4 Å². The third-order valence-electron chi connectivity index (χ3n) is 5.40. The number of nitrogens with one attached hydrogen (secondary N) is 1. The van der Waals surface area contributed by atoms with Crippen molar-refractivity contribution in [3.05, 3.63) is 41.3 Å². The second kappa shape index (κ2) is 9.69. The number of carbonyl (C=O) groups is 2. The summed E-state index contributed by atoms with van der Waals surface area (Å²) in [6, 6.07) is 7.50. The Balaban J connectivity index is 1.69. The van der Waals surface area contributed by atoms with E-state index in [1.165, 1.54) is 20.0 Å². The molecule has 3 rings (SSSR count). The van der Waals surface area contributed by atoms with E-state index < -0.39 is 0 Å². The van der Waals surface area contributed by atoms with Gasteiger partial charge in [0.2, 0.25) is 11.8 Å². The molecule has 1 saturated heterocycles. The molecule has 156 valence electrons. The average molecular weight is 399 g/mol. The van der Waals surface area contributed by atoms with Crippen LogP contribution in [0.2, 0.25) is 0 Å². The summed E-state index contributed by atoms with van der Waals surface area (Å²) in [4.78, 5) is 29.9. The van der Waals surface area contributed by atoms with Crippen LogP contribution >= 0.6 is 0 Å². The molecule has 1 aromatic heterocycles. The lowest BCUT2D eigenvalue weighted by Gasteiger charge is -2.35. The quantitative estimate of drug-likeness (QED) is 0.719. The van der Waals surface area contributed by atoms with Crippen LogP contribution in [0.25, 0.3) is 11.5 Å². The minimum Gasteiger partial charge on any atom is -0.465 e. The van der Waals surface area contributed by atoms with E-state index in [1.807, 2.05) is 19.1 Å². The van der Waals surface area contributed by atoms with Gasteiger partial charge < -0.3 is 14.5 Å². The van der Waals surface area contributed by atoms with E-state index in [9.17, 15) is 9.59 Å². The smallest absolute Gasteiger partial charge is 0.337 e. The number of methoxy groups -OCH3 is 1. The normalized spacial score (nSPS) is 17.1. The summed E-state index contributed by atoms with van der Waals surface area (Å²) in [6.45, 7) is 5.95. The number of carbonyl (C=O) groups excluding carboxylic acids is 2. The van der Waals surface area contributed by atoms with Gasteiger partial charge in [0.25, 0.3) is 0 Å². The van der Waals surface area contributed by atoms with Gasteiger partial charge in [-0.1, -0.05) is 6.42 Å². The fourth-order valence-corrected chi connectivity index (χ4v) is 3.77. The number of rotatable bonds is 7. The maximum Gasteiger partial charge on any atom is 0.337 e. The summed E-state index contributed by atoms with van der Waals surface area (Å²) in [5.41, 5.74) is 2.26. The second-order valence-electron chi connectivity index (χ2n) is 7.48. The van der Waals surface area contributed by atoms with E-state index in [0.29, 0.717) is 24.0 Å². The number of oxazole rings is 1. The first kappa shape index (κ1) is 21.0. The van der Waals surface area contributed by atoms with Crippen molar-refractivity contribution in [2.45, 2.75) is 52.1 Å². The molecule has 1 aliphatic rings. The highest BCUT2D eigenvalue weighted by Crippen LogP contribution is 2.26. The Morgan fingerprint density at radius 3 is 2.72 bits per heavy atom. The van der Waals surface area contributed by atoms with E-state index in [0.717, 1.165) is 42.9 Å². The number of piperidine rings is 1. The monoisotopic (exact) mass is 399 g/mol. The van der Waals surface area contributed by atoms with Gasteiger partial charge in [0.15, 0.2) is 0 Å². The van der Waals surface area contributed by atoms with Crippen LogP contribution < -0.4 is 5.32 Å². The van der Waals surface area contributed by atoms with E-state index in [2.05, 4.69) is 10.2 Å². The summed E-state index contributed by atoms with van der Waals surface area (Å²) >= 11 is 0. The molecule has 0 spiro atoms. The van der Waals surface area contributed by atoms with Crippen LogP contribution in [0.5, 0.6) is 0 Å². The van der Waals surface area contributed by atoms with Crippen LogP contribution in [-0.4, -0.2) is 48.0 Å². The third-order valence-corrected chi connectivity index (χ3v) is 5.40. The number of amides is 1. The summed E-state index contributed by atoms with van der Waals surface area (Å²) in [5.74, 6) is 1.02. The fourth-order valence-electron chi connectivity index (χ4n) is 3.77. The van der Waals surface area contributed by atoms with Crippen LogP contribution in [-0.2, 0) is 16.1 Å². The third kappa shape index (κ3) is 5.44. The molecule has 7 heteroatoms. The van der Waals surface area contributed by atoms with Crippen molar-refractivity contribution in [3.63, 3.8) is 0 Å². The maximum absolute atomic E-state index is 11.6. The largest absolute Gasteiger partial charge is 0.465 e. The first-order chi connectivity index (χ1) is 14.0. The number of aromatic nitrogens is 1. The molecular formula is C22H29N3O4. The van der Waals surface area contributed by atoms with E-state index in [4.69, 9.17) is 14.1 Å². The first-order valence-corrected chi connectivity index (χ1v) is 10.1. The molecule has 1 amide bonds. The molecule has 1 aliphatic heterocycles. The summed E-state index contributed by atoms with van der Waals surface area (Å²) in [5, 5.41) is 2.90. The van der Waals surface area contributed by atoms with Crippen LogP contribution in [0.4, 0.5) is 0 Å². The lowest BCUT2D eigenvalue weighted by atomic mass is 9.99. The van der Waals surface area contributed by atoms with E-state index >= 15 is 0 Å². The van der Waals surface area contributed by atoms with E-state index in [1.54, 1.807) is 19.1 Å². The minimum absolute atomic E-state index is 0.0163. The van der Waals surface area contributed by atoms with Gasteiger partial charge in [0, 0.05) is 31.6 Å². The van der Waals surface area contributed by atoms with Crippen molar-refractivity contribution in [1.82, 2.24) is 15.2 Å². The van der Waals surface area contributed by atoms with Crippen molar-refractivity contribution < 1.29 is 18.7 Å². The Bertz CT molecular complexity index is 844. The van der Waals surface area contributed by atoms with Crippen molar-refractivity contribution in [2.24, 2.45) is 0 Å². The van der Waals surface area contributed by atoms with Gasteiger partial charge >= 0.3 is 5.97 Å². The molecule has 0 bridgehead atoms. The van der Waals surface area contributed by atoms with Crippen molar-refractivity contribution in [3.8, 4) is 11.5 Å². The van der Waals surface area contributed by atoms with Crippen molar-refractivity contribution >= 4 is 11.9 Å². The number of likely N-dealkylation sites (tertiary alicyclic amines) is 1. The highest BCUT2D eigenvalue weighted by atomic mass is 16.5. The highest BCUT2D eigenvalue weighted by molar-refractivity contribution is 5.89. The molecule has 1 atom stereocenters. The Morgan fingerprint density at radius 1 is 1.28 bits per heavy atom. The predicted octanol–water partition coefficient (Wildman–Crippen LogP) is 3.32. The first-order valence-electron chi connectivity index (χ1n) is 10.1. The average Bonchev–Trinajstić information content (AvgIpc) is 3.09. The Kier molecular flexibility index (Phi) is 7.04. The van der Waals surface area contributed by atoms with Crippen LogP contribution in [0.3, 0.4) is 0 Å². The number of benzene rings is 1. The zero-order valence-corrected chi connectivity index (χ0v) is 17.4. The highest BCUT2D eigenvalue weighted by Gasteiger charge is 2.24. The number of esters is 1. The Labute approximate surface area is 171 Å². The molecule has 1 fully saturated rings. The molecule has 1 N–H and O–H groups in total. The Hall–Kier alpha value is -2.67. The van der Waals surface area contributed by atoms with Gasteiger partial charge in [0.1, 0.15) is 5.76 Å². The number of nitrogens with zero attached hydrogens (tertiary/aromatic N) is 2. The lowest BCUT2D eigenvalue weighted by molar-refractivity contribution is -0.119. The molecule has 1 unspecified atom stereocenters. The molecule has 7 nitrogen and oxygen atoms in total. The maximum atomic E-state index is 11.6. The SMILES string of the molecule is COC(=O)c1ccc(-c2nc(CN3CCCCC3CCNC(C)=O)c(C)o2)cc1. The molecule has 2 heterocycles. The van der Waals surface area contributed by atoms with Gasteiger partial charge in [-0.25, -0.2) is 9.78 Å². The molecule has 2 aromatic rings.